The summed E-state index contributed by atoms with van der Waals surface area (Å²) in [4.78, 5) is 4.67. The summed E-state index contributed by atoms with van der Waals surface area (Å²) in [5.74, 6) is 2.11. The molecule has 0 saturated heterocycles. The number of rotatable bonds is 8. The predicted octanol–water partition coefficient (Wildman–Crippen LogP) is 3.58. The Morgan fingerprint density at radius 1 is 1.15 bits per heavy atom. The van der Waals surface area contributed by atoms with Gasteiger partial charge in [-0.15, -0.1) is 0 Å². The minimum absolute atomic E-state index is 0.0489. The highest BCUT2D eigenvalue weighted by atomic mass is 79.9. The highest BCUT2D eigenvalue weighted by Gasteiger charge is 2.24. The van der Waals surface area contributed by atoms with Gasteiger partial charge >= 0.3 is 0 Å². The minimum Gasteiger partial charge on any atom is -0.493 e. The molecular formula is C19H32BrN3O3. The quantitative estimate of drug-likeness (QED) is 0.488. The fourth-order valence-electron chi connectivity index (χ4n) is 2.51. The van der Waals surface area contributed by atoms with Crippen molar-refractivity contribution in [1.29, 1.82) is 0 Å². The smallest absolute Gasteiger partial charge is 0.191 e. The average Bonchev–Trinajstić information content (AvgIpc) is 2.58. The Bertz CT molecular complexity index is 600. The standard InChI is InChI=1S/C19H32BrN3O3/c1-8-21-18(23-12-16(25-6)19(2,3)4)22-11-13-9-14(20)17(26-7)15(10-13)24-5/h9-10,16H,8,11-12H2,1-7H3,(H2,21,22,23). The number of guanidine groups is 1. The van der Waals surface area contributed by atoms with Gasteiger partial charge in [0.05, 0.1) is 31.3 Å². The van der Waals surface area contributed by atoms with Crippen LogP contribution in [0.4, 0.5) is 0 Å². The highest BCUT2D eigenvalue weighted by molar-refractivity contribution is 9.10. The molecule has 1 unspecified atom stereocenters. The molecule has 148 valence electrons. The van der Waals surface area contributed by atoms with E-state index in [1.807, 2.05) is 19.1 Å². The first-order chi connectivity index (χ1) is 12.3. The van der Waals surface area contributed by atoms with Crippen LogP contribution in [0.15, 0.2) is 21.6 Å². The van der Waals surface area contributed by atoms with E-state index in [0.717, 1.165) is 22.5 Å². The van der Waals surface area contributed by atoms with Gasteiger partial charge in [-0.2, -0.15) is 0 Å². The first-order valence-electron chi connectivity index (χ1n) is 8.72. The van der Waals surface area contributed by atoms with Crippen molar-refractivity contribution in [2.75, 3.05) is 34.4 Å². The van der Waals surface area contributed by atoms with Crippen LogP contribution in [-0.4, -0.2) is 46.5 Å². The van der Waals surface area contributed by atoms with Gasteiger partial charge in [0.1, 0.15) is 0 Å². The molecule has 1 aromatic carbocycles. The second-order valence-electron chi connectivity index (χ2n) is 6.98. The number of ether oxygens (including phenoxy) is 3. The van der Waals surface area contributed by atoms with Gasteiger partial charge in [0.2, 0.25) is 0 Å². The van der Waals surface area contributed by atoms with Gasteiger partial charge in [-0.1, -0.05) is 20.8 Å². The largest absolute Gasteiger partial charge is 0.493 e. The summed E-state index contributed by atoms with van der Waals surface area (Å²) in [5.41, 5.74) is 1.07. The van der Waals surface area contributed by atoms with Crippen LogP contribution in [0.1, 0.15) is 33.3 Å². The lowest BCUT2D eigenvalue weighted by Crippen LogP contribution is -2.45. The van der Waals surface area contributed by atoms with Gasteiger partial charge in [-0.25, -0.2) is 4.99 Å². The van der Waals surface area contributed by atoms with Crippen LogP contribution in [0.25, 0.3) is 0 Å². The van der Waals surface area contributed by atoms with Crippen molar-refractivity contribution in [2.45, 2.75) is 40.3 Å². The minimum atomic E-state index is 0.0489. The number of hydrogen-bond acceptors (Lipinski definition) is 4. The number of nitrogens with one attached hydrogen (secondary N) is 2. The molecule has 0 aromatic heterocycles. The van der Waals surface area contributed by atoms with Crippen LogP contribution >= 0.6 is 15.9 Å². The summed E-state index contributed by atoms with van der Waals surface area (Å²) in [5, 5.41) is 6.63. The highest BCUT2D eigenvalue weighted by Crippen LogP contribution is 2.36. The summed E-state index contributed by atoms with van der Waals surface area (Å²) in [6.45, 7) is 10.5. The Kier molecular flexibility index (Phi) is 9.22. The molecule has 0 radical (unpaired) electrons. The van der Waals surface area contributed by atoms with Crippen LogP contribution in [0.3, 0.4) is 0 Å². The molecule has 0 aliphatic carbocycles. The van der Waals surface area contributed by atoms with Crippen molar-refractivity contribution in [1.82, 2.24) is 10.6 Å². The molecule has 1 aromatic rings. The number of nitrogens with zero attached hydrogens (tertiary/aromatic N) is 1. The van der Waals surface area contributed by atoms with E-state index in [2.05, 4.69) is 52.3 Å². The second-order valence-corrected chi connectivity index (χ2v) is 7.83. The van der Waals surface area contributed by atoms with Gasteiger partial charge in [0.25, 0.3) is 0 Å². The topological polar surface area (TPSA) is 64.1 Å². The Balaban J connectivity index is 2.88. The molecular weight excluding hydrogens is 398 g/mol. The number of hydrogen-bond donors (Lipinski definition) is 2. The molecule has 0 bridgehead atoms. The molecule has 0 fully saturated rings. The summed E-state index contributed by atoms with van der Waals surface area (Å²) in [7, 11) is 4.98. The van der Waals surface area contributed by atoms with E-state index in [1.54, 1.807) is 21.3 Å². The summed E-state index contributed by atoms with van der Waals surface area (Å²) in [6, 6.07) is 3.92. The molecule has 0 amide bonds. The van der Waals surface area contributed by atoms with Gasteiger partial charge in [0.15, 0.2) is 17.5 Å². The van der Waals surface area contributed by atoms with E-state index in [9.17, 15) is 0 Å². The Hall–Kier alpha value is -1.47. The van der Waals surface area contributed by atoms with Crippen molar-refractivity contribution < 1.29 is 14.2 Å². The zero-order valence-corrected chi connectivity index (χ0v) is 18.5. The number of halogens is 1. The SMILES string of the molecule is CCNC(=NCc1cc(Br)c(OC)c(OC)c1)NCC(OC)C(C)(C)C. The summed E-state index contributed by atoms with van der Waals surface area (Å²) in [6.07, 6.45) is 0.0848. The van der Waals surface area contributed by atoms with Crippen LogP contribution in [0.2, 0.25) is 0 Å². The summed E-state index contributed by atoms with van der Waals surface area (Å²) >= 11 is 3.52. The molecule has 0 saturated carbocycles. The lowest BCUT2D eigenvalue weighted by molar-refractivity contribution is 0.0205. The fraction of sp³-hybridized carbons (Fsp3) is 0.632. The van der Waals surface area contributed by atoms with Crippen LogP contribution < -0.4 is 20.1 Å². The first-order valence-corrected chi connectivity index (χ1v) is 9.51. The Morgan fingerprint density at radius 2 is 1.85 bits per heavy atom. The van der Waals surface area contributed by atoms with Crippen molar-refractivity contribution in [2.24, 2.45) is 10.4 Å². The second kappa shape index (κ2) is 10.6. The normalized spacial score (nSPS) is 13.3. The van der Waals surface area contributed by atoms with Gasteiger partial charge in [-0.05, 0) is 46.0 Å². The molecule has 0 aliphatic rings. The fourth-order valence-corrected chi connectivity index (χ4v) is 3.16. The molecule has 0 spiro atoms. The third-order valence-corrected chi connectivity index (χ3v) is 4.55. The number of aliphatic imine (C=N–C) groups is 1. The number of benzene rings is 1. The van der Waals surface area contributed by atoms with Crippen LogP contribution in [0, 0.1) is 5.41 Å². The molecule has 1 rings (SSSR count). The monoisotopic (exact) mass is 429 g/mol. The van der Waals surface area contributed by atoms with Crippen LogP contribution in [-0.2, 0) is 11.3 Å². The molecule has 1 atom stereocenters. The van der Waals surface area contributed by atoms with E-state index in [0.29, 0.717) is 24.6 Å². The molecule has 7 heteroatoms. The third kappa shape index (κ3) is 6.68. The molecule has 26 heavy (non-hydrogen) atoms. The van der Waals surface area contributed by atoms with E-state index < -0.39 is 0 Å². The van der Waals surface area contributed by atoms with Crippen LogP contribution in [0.5, 0.6) is 11.5 Å². The van der Waals surface area contributed by atoms with Gasteiger partial charge in [-0.3, -0.25) is 0 Å². The zero-order valence-electron chi connectivity index (χ0n) is 16.9. The lowest BCUT2D eigenvalue weighted by Gasteiger charge is -2.30. The molecule has 6 nitrogen and oxygen atoms in total. The van der Waals surface area contributed by atoms with Crippen molar-refractivity contribution >= 4 is 21.9 Å². The zero-order chi connectivity index (χ0) is 19.7. The maximum Gasteiger partial charge on any atom is 0.191 e. The maximum absolute atomic E-state index is 5.60. The average molecular weight is 430 g/mol. The number of methoxy groups -OCH3 is 3. The van der Waals surface area contributed by atoms with Crippen molar-refractivity contribution in [3.8, 4) is 11.5 Å². The molecule has 0 heterocycles. The van der Waals surface area contributed by atoms with Gasteiger partial charge in [0, 0.05) is 20.2 Å². The molecule has 0 aliphatic heterocycles. The Labute approximate surface area is 165 Å². The van der Waals surface area contributed by atoms with Crippen molar-refractivity contribution in [3.05, 3.63) is 22.2 Å². The molecule has 2 N–H and O–H groups in total. The van der Waals surface area contributed by atoms with E-state index in [-0.39, 0.29) is 11.5 Å². The summed E-state index contributed by atoms with van der Waals surface area (Å²) < 4.78 is 17.2. The first kappa shape index (κ1) is 22.6. The van der Waals surface area contributed by atoms with Crippen molar-refractivity contribution in [3.63, 3.8) is 0 Å². The van der Waals surface area contributed by atoms with Gasteiger partial charge < -0.3 is 24.8 Å². The lowest BCUT2D eigenvalue weighted by atomic mass is 9.89. The maximum atomic E-state index is 5.60. The predicted molar refractivity (Wildman–Crippen MR) is 110 cm³/mol. The van der Waals surface area contributed by atoms with E-state index in [1.165, 1.54) is 0 Å². The van der Waals surface area contributed by atoms with E-state index >= 15 is 0 Å². The third-order valence-electron chi connectivity index (χ3n) is 3.96. The van der Waals surface area contributed by atoms with E-state index in [4.69, 9.17) is 14.2 Å². The Morgan fingerprint density at radius 3 is 2.35 bits per heavy atom.